The molecule has 0 bridgehead atoms. The summed E-state index contributed by atoms with van der Waals surface area (Å²) in [6.07, 6.45) is 5.47. The Bertz CT molecular complexity index is 1090. The maximum absolute atomic E-state index is 13.9. The lowest BCUT2D eigenvalue weighted by atomic mass is 10.0. The molecule has 1 aromatic heterocycles. The average molecular weight is 436 g/mol. The largest absolute Gasteiger partial charge is 0.484 e. The quantitative estimate of drug-likeness (QED) is 0.500. The second-order valence-electron chi connectivity index (χ2n) is 6.67. The minimum absolute atomic E-state index is 0. The molecule has 1 amide bonds. The van der Waals surface area contributed by atoms with E-state index in [4.69, 9.17) is 22.1 Å². The summed E-state index contributed by atoms with van der Waals surface area (Å²) in [5.41, 5.74) is 8.95. The molecule has 0 fully saturated rings. The molecule has 0 atom stereocenters. The number of hydrogen-bond acceptors (Lipinski definition) is 3. The highest BCUT2D eigenvalue weighted by molar-refractivity contribution is 6.35. The molecular formula is C21H20Cl2FN3O2. The number of primary amides is 1. The van der Waals surface area contributed by atoms with Gasteiger partial charge < -0.3 is 20.8 Å². The van der Waals surface area contributed by atoms with Gasteiger partial charge in [0.05, 0.1) is 16.1 Å². The van der Waals surface area contributed by atoms with Gasteiger partial charge in [0, 0.05) is 29.4 Å². The third-order valence-electron chi connectivity index (χ3n) is 4.83. The zero-order chi connectivity index (χ0) is 19.7. The van der Waals surface area contributed by atoms with Crippen LogP contribution in [0, 0.1) is 5.82 Å². The molecule has 4 rings (SSSR count). The van der Waals surface area contributed by atoms with E-state index in [9.17, 15) is 9.18 Å². The number of nitrogens with one attached hydrogen (secondary N) is 2. The van der Waals surface area contributed by atoms with Gasteiger partial charge in [-0.25, -0.2) is 4.39 Å². The first-order valence-corrected chi connectivity index (χ1v) is 9.36. The van der Waals surface area contributed by atoms with Crippen LogP contribution in [0.2, 0.25) is 5.02 Å². The average Bonchev–Trinajstić information content (AvgIpc) is 3.10. The summed E-state index contributed by atoms with van der Waals surface area (Å²) in [5, 5.41) is 5.13. The van der Waals surface area contributed by atoms with Crippen LogP contribution in [-0.4, -0.2) is 24.0 Å². The van der Waals surface area contributed by atoms with E-state index in [-0.39, 0.29) is 30.3 Å². The Morgan fingerprint density at radius 1 is 1.31 bits per heavy atom. The Morgan fingerprint density at radius 3 is 2.93 bits per heavy atom. The lowest BCUT2D eigenvalue weighted by Gasteiger charge is -2.21. The maximum atomic E-state index is 13.9. The number of hydrogen-bond donors (Lipinski definition) is 3. The molecule has 1 aliphatic rings. The molecule has 0 saturated heterocycles. The standard InChI is InChI=1S/C21H19ClFN3O2.ClH/c22-17-5-1-4-14-12(10-26-19(14)17)3-2-8-25-13-9-16-15(21(24)27)6-7-18(23)20(16)28-11-13;/h1,4-7,9-10,25-26H,2-3,8,11H2,(H2,24,27);1H. The first-order chi connectivity index (χ1) is 13.5. The van der Waals surface area contributed by atoms with Gasteiger partial charge in [0.25, 0.3) is 0 Å². The van der Waals surface area contributed by atoms with Crippen LogP contribution in [0.5, 0.6) is 5.75 Å². The SMILES string of the molecule is Cl.NC(=O)c1ccc(F)c2c1C=C(NCCCc1c[nH]c3c(Cl)cccc13)CO2. The number of nitrogens with two attached hydrogens (primary N) is 1. The number of ether oxygens (including phenoxy) is 1. The predicted octanol–water partition coefficient (Wildman–Crippen LogP) is 4.44. The van der Waals surface area contributed by atoms with Crippen LogP contribution >= 0.6 is 24.0 Å². The molecule has 0 saturated carbocycles. The fraction of sp³-hybridized carbons (Fsp3) is 0.190. The van der Waals surface area contributed by atoms with Gasteiger partial charge in [-0.15, -0.1) is 12.4 Å². The predicted molar refractivity (Wildman–Crippen MR) is 115 cm³/mol. The Labute approximate surface area is 178 Å². The van der Waals surface area contributed by atoms with Gasteiger partial charge in [-0.2, -0.15) is 0 Å². The molecule has 5 nitrogen and oxygen atoms in total. The number of aromatic amines is 1. The number of aromatic nitrogens is 1. The number of rotatable bonds is 6. The highest BCUT2D eigenvalue weighted by atomic mass is 35.5. The second kappa shape index (κ2) is 8.76. The van der Waals surface area contributed by atoms with Crippen molar-refractivity contribution in [3.63, 3.8) is 0 Å². The van der Waals surface area contributed by atoms with Gasteiger partial charge in [0.2, 0.25) is 5.91 Å². The zero-order valence-corrected chi connectivity index (χ0v) is 17.0. The molecule has 4 N–H and O–H groups in total. The van der Waals surface area contributed by atoms with E-state index < -0.39 is 11.7 Å². The van der Waals surface area contributed by atoms with Crippen LogP contribution in [0.15, 0.2) is 42.2 Å². The van der Waals surface area contributed by atoms with Crippen LogP contribution in [0.4, 0.5) is 4.39 Å². The number of para-hydroxylation sites is 1. The third-order valence-corrected chi connectivity index (χ3v) is 5.14. The molecule has 8 heteroatoms. The number of H-pyrrole nitrogens is 1. The molecule has 1 aliphatic heterocycles. The summed E-state index contributed by atoms with van der Waals surface area (Å²) in [6.45, 7) is 0.924. The fourth-order valence-corrected chi connectivity index (χ4v) is 3.68. The molecular weight excluding hydrogens is 416 g/mol. The molecule has 0 aliphatic carbocycles. The van der Waals surface area contributed by atoms with E-state index in [2.05, 4.69) is 16.4 Å². The van der Waals surface area contributed by atoms with E-state index in [1.807, 2.05) is 18.3 Å². The van der Waals surface area contributed by atoms with E-state index in [1.165, 1.54) is 17.7 Å². The van der Waals surface area contributed by atoms with Crippen molar-refractivity contribution >= 4 is 46.9 Å². The summed E-state index contributed by atoms with van der Waals surface area (Å²) in [7, 11) is 0. The van der Waals surface area contributed by atoms with E-state index >= 15 is 0 Å². The van der Waals surface area contributed by atoms with Gasteiger partial charge in [-0.3, -0.25) is 4.79 Å². The molecule has 29 heavy (non-hydrogen) atoms. The number of amides is 1. The van der Waals surface area contributed by atoms with Gasteiger partial charge in [-0.1, -0.05) is 23.7 Å². The normalized spacial score (nSPS) is 12.6. The summed E-state index contributed by atoms with van der Waals surface area (Å²) >= 11 is 6.20. The fourth-order valence-electron chi connectivity index (χ4n) is 3.46. The number of benzene rings is 2. The van der Waals surface area contributed by atoms with Gasteiger partial charge in [0.15, 0.2) is 11.6 Å². The van der Waals surface area contributed by atoms with Crippen molar-refractivity contribution < 1.29 is 13.9 Å². The minimum Gasteiger partial charge on any atom is -0.484 e. The first kappa shape index (κ1) is 21.0. The van der Waals surface area contributed by atoms with Crippen molar-refractivity contribution in [2.24, 2.45) is 5.73 Å². The van der Waals surface area contributed by atoms with Crippen LogP contribution in [-0.2, 0) is 6.42 Å². The van der Waals surface area contributed by atoms with Crippen molar-refractivity contribution in [1.82, 2.24) is 10.3 Å². The van der Waals surface area contributed by atoms with Crippen molar-refractivity contribution in [2.75, 3.05) is 13.2 Å². The third kappa shape index (κ3) is 4.18. The second-order valence-corrected chi connectivity index (χ2v) is 7.07. The van der Waals surface area contributed by atoms with Gasteiger partial charge in [-0.05, 0) is 42.7 Å². The number of carbonyl (C=O) groups is 1. The van der Waals surface area contributed by atoms with Crippen LogP contribution in [0.3, 0.4) is 0 Å². The number of halogens is 3. The molecule has 2 aromatic carbocycles. The summed E-state index contributed by atoms with van der Waals surface area (Å²) in [4.78, 5) is 14.8. The Kier molecular flexibility index (Phi) is 6.35. The minimum atomic E-state index is -0.615. The Hall–Kier alpha value is -2.70. The van der Waals surface area contributed by atoms with Crippen molar-refractivity contribution in [3.8, 4) is 5.75 Å². The summed E-state index contributed by atoms with van der Waals surface area (Å²) in [6, 6.07) is 8.43. The molecule has 152 valence electrons. The molecule has 0 unspecified atom stereocenters. The Balaban J connectivity index is 0.00000240. The first-order valence-electron chi connectivity index (χ1n) is 8.98. The number of carbonyl (C=O) groups excluding carboxylic acids is 1. The van der Waals surface area contributed by atoms with Gasteiger partial charge >= 0.3 is 0 Å². The summed E-state index contributed by atoms with van der Waals surface area (Å²) < 4.78 is 19.4. The molecule has 0 radical (unpaired) electrons. The van der Waals surface area contributed by atoms with Gasteiger partial charge in [0.1, 0.15) is 6.61 Å². The summed E-state index contributed by atoms with van der Waals surface area (Å²) in [5.74, 6) is -1.05. The number of fused-ring (bicyclic) bond motifs is 2. The highest BCUT2D eigenvalue weighted by Gasteiger charge is 2.21. The lowest BCUT2D eigenvalue weighted by molar-refractivity contribution is 0.0999. The van der Waals surface area contributed by atoms with Crippen LogP contribution in [0.1, 0.15) is 27.9 Å². The molecule has 3 aromatic rings. The Morgan fingerprint density at radius 2 is 2.14 bits per heavy atom. The van der Waals surface area contributed by atoms with Crippen LogP contribution in [0.25, 0.3) is 17.0 Å². The topological polar surface area (TPSA) is 80.1 Å². The maximum Gasteiger partial charge on any atom is 0.249 e. The zero-order valence-electron chi connectivity index (χ0n) is 15.4. The van der Waals surface area contributed by atoms with E-state index in [0.29, 0.717) is 17.1 Å². The van der Waals surface area contributed by atoms with Crippen molar-refractivity contribution in [2.45, 2.75) is 12.8 Å². The highest BCUT2D eigenvalue weighted by Crippen LogP contribution is 2.31. The monoisotopic (exact) mass is 435 g/mol. The van der Waals surface area contributed by atoms with E-state index in [0.717, 1.165) is 29.4 Å². The lowest BCUT2D eigenvalue weighted by Crippen LogP contribution is -2.24. The number of aryl methyl sites for hydroxylation is 1. The smallest absolute Gasteiger partial charge is 0.249 e. The van der Waals surface area contributed by atoms with Crippen molar-refractivity contribution in [1.29, 1.82) is 0 Å². The molecule has 2 heterocycles. The van der Waals surface area contributed by atoms with Crippen molar-refractivity contribution in [3.05, 3.63) is 69.8 Å². The van der Waals surface area contributed by atoms with E-state index in [1.54, 1.807) is 6.08 Å². The molecule has 0 spiro atoms. The van der Waals surface area contributed by atoms with Crippen LogP contribution < -0.4 is 15.8 Å².